The summed E-state index contributed by atoms with van der Waals surface area (Å²) in [6, 6.07) is 0.709. The van der Waals surface area contributed by atoms with Crippen molar-refractivity contribution in [3.05, 3.63) is 0 Å². The number of methoxy groups -OCH3 is 1. The maximum Gasteiger partial charge on any atom is 0.0491 e. The zero-order chi connectivity index (χ0) is 12.5. The van der Waals surface area contributed by atoms with E-state index in [4.69, 9.17) is 4.74 Å². The van der Waals surface area contributed by atoms with Gasteiger partial charge in [0, 0.05) is 19.8 Å². The van der Waals surface area contributed by atoms with Crippen LogP contribution in [0.1, 0.15) is 39.0 Å². The third-order valence-electron chi connectivity index (χ3n) is 4.04. The Bertz CT molecular complexity index is 175. The van der Waals surface area contributed by atoms with Gasteiger partial charge in [-0.25, -0.2) is 0 Å². The Hall–Kier alpha value is -0.120. The molecule has 0 spiro atoms. The highest BCUT2D eigenvalue weighted by Gasteiger charge is 2.18. The van der Waals surface area contributed by atoms with Gasteiger partial charge in [-0.15, -0.1) is 0 Å². The Morgan fingerprint density at radius 3 is 2.59 bits per heavy atom. The lowest BCUT2D eigenvalue weighted by molar-refractivity contribution is 0.0985. The normalized spacial score (nSPS) is 20.6. The molecule has 1 atom stereocenters. The van der Waals surface area contributed by atoms with Crippen molar-refractivity contribution in [1.82, 2.24) is 10.2 Å². The quantitative estimate of drug-likeness (QED) is 0.705. The summed E-state index contributed by atoms with van der Waals surface area (Å²) in [6.07, 6.45) is 6.51. The molecular formula is C14H30N2O. The molecule has 1 N–H and O–H groups in total. The van der Waals surface area contributed by atoms with Gasteiger partial charge in [-0.2, -0.15) is 0 Å². The van der Waals surface area contributed by atoms with Crippen molar-refractivity contribution in [1.29, 1.82) is 0 Å². The molecule has 0 radical (unpaired) electrons. The van der Waals surface area contributed by atoms with Crippen LogP contribution in [0.15, 0.2) is 0 Å². The third-order valence-corrected chi connectivity index (χ3v) is 4.04. The minimum atomic E-state index is 0.709. The molecule has 3 nitrogen and oxygen atoms in total. The maximum absolute atomic E-state index is 5.23. The third kappa shape index (κ3) is 5.84. The second kappa shape index (κ2) is 8.90. The van der Waals surface area contributed by atoms with Gasteiger partial charge in [-0.05, 0) is 64.7 Å². The zero-order valence-electron chi connectivity index (χ0n) is 11.9. The predicted octanol–water partition coefficient (Wildman–Crippen LogP) is 2.12. The first-order chi connectivity index (χ1) is 8.30. The summed E-state index contributed by atoms with van der Waals surface area (Å²) >= 11 is 0. The summed E-state index contributed by atoms with van der Waals surface area (Å²) in [7, 11) is 3.89. The van der Waals surface area contributed by atoms with Crippen LogP contribution in [-0.4, -0.2) is 51.3 Å². The van der Waals surface area contributed by atoms with Crippen molar-refractivity contribution in [2.24, 2.45) is 5.92 Å². The van der Waals surface area contributed by atoms with Crippen molar-refractivity contribution in [3.63, 3.8) is 0 Å². The van der Waals surface area contributed by atoms with Crippen LogP contribution in [-0.2, 0) is 4.74 Å². The average Bonchev–Trinajstić information content (AvgIpc) is 2.37. The molecule has 1 unspecified atom stereocenters. The van der Waals surface area contributed by atoms with E-state index in [9.17, 15) is 0 Å². The summed E-state index contributed by atoms with van der Waals surface area (Å²) in [5.41, 5.74) is 0. The summed E-state index contributed by atoms with van der Waals surface area (Å²) in [6.45, 7) is 7.02. The van der Waals surface area contributed by atoms with Crippen LogP contribution in [0.5, 0.6) is 0 Å². The molecule has 1 fully saturated rings. The number of nitrogens with zero attached hydrogens (tertiary/aromatic N) is 1. The number of hydrogen-bond donors (Lipinski definition) is 1. The summed E-state index contributed by atoms with van der Waals surface area (Å²) in [5, 5.41) is 3.38. The highest BCUT2D eigenvalue weighted by atomic mass is 16.5. The van der Waals surface area contributed by atoms with Gasteiger partial charge in [0.05, 0.1) is 0 Å². The lowest BCUT2D eigenvalue weighted by atomic mass is 9.97. The molecule has 102 valence electrons. The predicted molar refractivity (Wildman–Crippen MR) is 73.4 cm³/mol. The minimum Gasteiger partial charge on any atom is -0.384 e. The molecule has 0 aromatic heterocycles. The molecule has 0 aromatic rings. The number of piperidine rings is 1. The van der Waals surface area contributed by atoms with E-state index in [1.54, 1.807) is 0 Å². The van der Waals surface area contributed by atoms with E-state index in [-0.39, 0.29) is 0 Å². The molecule has 3 heteroatoms. The number of ether oxygens (including phenoxy) is 1. The lowest BCUT2D eigenvalue weighted by Crippen LogP contribution is -2.36. The minimum absolute atomic E-state index is 0.709. The van der Waals surface area contributed by atoms with E-state index in [1.807, 2.05) is 7.11 Å². The fraction of sp³-hybridized carbons (Fsp3) is 1.00. The van der Waals surface area contributed by atoms with Gasteiger partial charge in [0.15, 0.2) is 0 Å². The second-order valence-corrected chi connectivity index (χ2v) is 5.28. The second-order valence-electron chi connectivity index (χ2n) is 5.28. The van der Waals surface area contributed by atoms with Crippen LogP contribution in [0.3, 0.4) is 0 Å². The van der Waals surface area contributed by atoms with Crippen LogP contribution < -0.4 is 5.32 Å². The van der Waals surface area contributed by atoms with Crippen LogP contribution in [0, 0.1) is 5.92 Å². The van der Waals surface area contributed by atoms with E-state index in [0.29, 0.717) is 6.04 Å². The molecule has 1 aliphatic heterocycles. The first-order valence-electron chi connectivity index (χ1n) is 7.18. The highest BCUT2D eigenvalue weighted by Crippen LogP contribution is 2.17. The number of hydrogen-bond acceptors (Lipinski definition) is 3. The van der Waals surface area contributed by atoms with Crippen molar-refractivity contribution in [2.75, 3.05) is 40.4 Å². The van der Waals surface area contributed by atoms with Gasteiger partial charge in [-0.1, -0.05) is 6.92 Å². The molecule has 1 heterocycles. The Balaban J connectivity index is 2.06. The molecule has 0 amide bonds. The van der Waals surface area contributed by atoms with Gasteiger partial charge in [0.2, 0.25) is 0 Å². The van der Waals surface area contributed by atoms with E-state index >= 15 is 0 Å². The molecule has 0 aliphatic carbocycles. The Labute approximate surface area is 107 Å². The topological polar surface area (TPSA) is 24.5 Å². The zero-order valence-corrected chi connectivity index (χ0v) is 11.9. The van der Waals surface area contributed by atoms with Gasteiger partial charge in [0.25, 0.3) is 0 Å². The number of nitrogens with one attached hydrogen (secondary N) is 1. The molecule has 0 bridgehead atoms. The van der Waals surface area contributed by atoms with Crippen molar-refractivity contribution in [3.8, 4) is 0 Å². The number of likely N-dealkylation sites (tertiary alicyclic amines) is 1. The average molecular weight is 242 g/mol. The maximum atomic E-state index is 5.23. The van der Waals surface area contributed by atoms with Crippen LogP contribution in [0.4, 0.5) is 0 Å². The highest BCUT2D eigenvalue weighted by molar-refractivity contribution is 4.72. The SMILES string of the molecule is CCC(CCCN1CCC(COC)CC1)NC. The monoisotopic (exact) mass is 242 g/mol. The van der Waals surface area contributed by atoms with E-state index in [0.717, 1.165) is 12.5 Å². The Kier molecular flexibility index (Phi) is 7.82. The Morgan fingerprint density at radius 2 is 2.06 bits per heavy atom. The van der Waals surface area contributed by atoms with Crippen molar-refractivity contribution >= 4 is 0 Å². The molecule has 17 heavy (non-hydrogen) atoms. The fourth-order valence-electron chi connectivity index (χ4n) is 2.73. The summed E-state index contributed by atoms with van der Waals surface area (Å²) in [4.78, 5) is 2.62. The summed E-state index contributed by atoms with van der Waals surface area (Å²) < 4.78 is 5.23. The van der Waals surface area contributed by atoms with Crippen LogP contribution >= 0.6 is 0 Å². The molecule has 1 aliphatic rings. The molecule has 1 saturated heterocycles. The Morgan fingerprint density at radius 1 is 1.35 bits per heavy atom. The summed E-state index contributed by atoms with van der Waals surface area (Å²) in [5.74, 6) is 0.803. The van der Waals surface area contributed by atoms with Gasteiger partial charge in [-0.3, -0.25) is 0 Å². The first kappa shape index (κ1) is 14.9. The van der Waals surface area contributed by atoms with Gasteiger partial charge >= 0.3 is 0 Å². The molecule has 0 saturated carbocycles. The lowest BCUT2D eigenvalue weighted by Gasteiger charge is -2.31. The van der Waals surface area contributed by atoms with Crippen LogP contribution in [0.2, 0.25) is 0 Å². The molecule has 0 aromatic carbocycles. The van der Waals surface area contributed by atoms with E-state index in [2.05, 4.69) is 24.2 Å². The van der Waals surface area contributed by atoms with Crippen LogP contribution in [0.25, 0.3) is 0 Å². The van der Waals surface area contributed by atoms with E-state index in [1.165, 1.54) is 51.7 Å². The largest absolute Gasteiger partial charge is 0.384 e. The standard InChI is InChI=1S/C14H30N2O/c1-4-14(15-2)6-5-9-16-10-7-13(8-11-16)12-17-3/h13-15H,4-12H2,1-3H3. The molecular weight excluding hydrogens is 212 g/mol. The first-order valence-corrected chi connectivity index (χ1v) is 7.18. The van der Waals surface area contributed by atoms with Gasteiger partial charge in [0.1, 0.15) is 0 Å². The molecule has 1 rings (SSSR count). The van der Waals surface area contributed by atoms with Crippen molar-refractivity contribution < 1.29 is 4.74 Å². The number of rotatable bonds is 8. The fourth-order valence-corrected chi connectivity index (χ4v) is 2.73. The van der Waals surface area contributed by atoms with E-state index < -0.39 is 0 Å². The smallest absolute Gasteiger partial charge is 0.0491 e. The van der Waals surface area contributed by atoms with Gasteiger partial charge < -0.3 is 15.0 Å². The van der Waals surface area contributed by atoms with Crippen molar-refractivity contribution in [2.45, 2.75) is 45.1 Å².